The minimum Gasteiger partial charge on any atom is -0.387 e. The number of aliphatic hydroxyl groups is 1. The Morgan fingerprint density at radius 1 is 1.23 bits per heavy atom. The second-order valence-corrected chi connectivity index (χ2v) is 3.83. The number of hydrogen-bond acceptors (Lipinski definition) is 2. The number of rotatable bonds is 2. The first kappa shape index (κ1) is 10.2. The van der Waals surface area contributed by atoms with Gasteiger partial charge in [-0.3, -0.25) is 4.98 Å². The summed E-state index contributed by atoms with van der Waals surface area (Å²) >= 11 is 0. The van der Waals surface area contributed by atoms with Crippen molar-refractivity contribution in [3.8, 4) is 0 Å². The predicted octanol–water partition coefficient (Wildman–Crippen LogP) is 2.39. The lowest BCUT2D eigenvalue weighted by molar-refractivity contribution is 0.122. The van der Waals surface area contributed by atoms with E-state index in [2.05, 4.69) is 4.98 Å². The largest absolute Gasteiger partial charge is 0.387 e. The Labute approximate surface area is 79.6 Å². The summed E-state index contributed by atoms with van der Waals surface area (Å²) in [5, 5.41) is 9.75. The summed E-state index contributed by atoms with van der Waals surface area (Å²) < 4.78 is 0. The molecule has 0 aromatic carbocycles. The monoisotopic (exact) mass is 179 g/mol. The van der Waals surface area contributed by atoms with Crippen molar-refractivity contribution in [1.82, 2.24) is 4.98 Å². The summed E-state index contributed by atoms with van der Waals surface area (Å²) in [6.07, 6.45) is -0.445. The second kappa shape index (κ2) is 3.88. The molecule has 1 rings (SSSR count). The average Bonchev–Trinajstić information content (AvgIpc) is 2.08. The third-order valence-corrected chi connectivity index (χ3v) is 2.31. The van der Waals surface area contributed by atoms with Crippen LogP contribution in [-0.4, -0.2) is 10.1 Å². The van der Waals surface area contributed by atoms with Gasteiger partial charge >= 0.3 is 0 Å². The molecule has 1 aromatic heterocycles. The van der Waals surface area contributed by atoms with Gasteiger partial charge in [0.1, 0.15) is 0 Å². The number of aryl methyl sites for hydroxylation is 2. The van der Waals surface area contributed by atoms with Crippen LogP contribution < -0.4 is 0 Å². The van der Waals surface area contributed by atoms with E-state index in [-0.39, 0.29) is 5.92 Å². The molecule has 1 atom stereocenters. The van der Waals surface area contributed by atoms with Crippen LogP contribution in [0.4, 0.5) is 0 Å². The van der Waals surface area contributed by atoms with Crippen molar-refractivity contribution in [2.24, 2.45) is 5.92 Å². The van der Waals surface area contributed by atoms with Crippen LogP contribution in [0, 0.1) is 19.8 Å². The van der Waals surface area contributed by atoms with E-state index in [0.717, 1.165) is 11.4 Å². The number of hydrogen-bond donors (Lipinski definition) is 1. The van der Waals surface area contributed by atoms with Crippen molar-refractivity contribution in [1.29, 1.82) is 0 Å². The van der Waals surface area contributed by atoms with Gasteiger partial charge in [-0.1, -0.05) is 19.9 Å². The molecule has 1 unspecified atom stereocenters. The van der Waals surface area contributed by atoms with E-state index in [4.69, 9.17) is 0 Å². The highest BCUT2D eigenvalue weighted by Crippen LogP contribution is 2.20. The standard InChI is InChI=1S/C11H17NO/c1-7(2)11(13)10-6-5-8(3)9(4)12-10/h5-7,11,13H,1-4H3. The van der Waals surface area contributed by atoms with Crippen LogP contribution in [-0.2, 0) is 0 Å². The van der Waals surface area contributed by atoms with E-state index >= 15 is 0 Å². The van der Waals surface area contributed by atoms with Gasteiger partial charge in [-0.2, -0.15) is 0 Å². The molecule has 0 saturated carbocycles. The number of pyridine rings is 1. The van der Waals surface area contributed by atoms with Crippen LogP contribution in [0.2, 0.25) is 0 Å². The minimum atomic E-state index is -0.445. The third kappa shape index (κ3) is 2.28. The Morgan fingerprint density at radius 3 is 2.31 bits per heavy atom. The molecule has 0 aliphatic heterocycles. The summed E-state index contributed by atoms with van der Waals surface area (Å²) in [5.74, 6) is 0.217. The summed E-state index contributed by atoms with van der Waals surface area (Å²) in [5.41, 5.74) is 2.94. The molecule has 0 bridgehead atoms. The molecular weight excluding hydrogens is 162 g/mol. The van der Waals surface area contributed by atoms with Gasteiger partial charge in [0.05, 0.1) is 11.8 Å². The molecule has 0 aliphatic carbocycles. The zero-order valence-electron chi connectivity index (χ0n) is 8.70. The Bertz CT molecular complexity index is 294. The van der Waals surface area contributed by atoms with Gasteiger partial charge in [-0.05, 0) is 31.4 Å². The second-order valence-electron chi connectivity index (χ2n) is 3.83. The van der Waals surface area contributed by atoms with E-state index in [1.165, 1.54) is 5.56 Å². The number of aromatic nitrogens is 1. The van der Waals surface area contributed by atoms with E-state index < -0.39 is 6.10 Å². The molecule has 72 valence electrons. The summed E-state index contributed by atoms with van der Waals surface area (Å²) in [7, 11) is 0. The maximum atomic E-state index is 9.75. The van der Waals surface area contributed by atoms with Gasteiger partial charge in [0.25, 0.3) is 0 Å². The lowest BCUT2D eigenvalue weighted by Gasteiger charge is -2.14. The predicted molar refractivity (Wildman–Crippen MR) is 53.5 cm³/mol. The summed E-state index contributed by atoms with van der Waals surface area (Å²) in [6.45, 7) is 7.96. The third-order valence-electron chi connectivity index (χ3n) is 2.31. The van der Waals surface area contributed by atoms with Gasteiger partial charge in [0.2, 0.25) is 0 Å². The smallest absolute Gasteiger partial charge is 0.0982 e. The fourth-order valence-corrected chi connectivity index (χ4v) is 1.16. The minimum absolute atomic E-state index is 0.217. The van der Waals surface area contributed by atoms with Crippen molar-refractivity contribution in [3.05, 3.63) is 29.1 Å². The Hall–Kier alpha value is -0.890. The SMILES string of the molecule is Cc1ccc(C(O)C(C)C)nc1C. The van der Waals surface area contributed by atoms with Gasteiger partial charge in [-0.25, -0.2) is 0 Å². The van der Waals surface area contributed by atoms with E-state index in [1.807, 2.05) is 39.8 Å². The fourth-order valence-electron chi connectivity index (χ4n) is 1.16. The molecule has 0 amide bonds. The highest BCUT2D eigenvalue weighted by Gasteiger charge is 2.13. The molecule has 1 N–H and O–H groups in total. The van der Waals surface area contributed by atoms with Gasteiger partial charge in [-0.15, -0.1) is 0 Å². The number of aliphatic hydroxyl groups excluding tert-OH is 1. The van der Waals surface area contributed by atoms with Crippen LogP contribution in [0.3, 0.4) is 0 Å². The van der Waals surface area contributed by atoms with E-state index in [9.17, 15) is 5.11 Å². The summed E-state index contributed by atoms with van der Waals surface area (Å²) in [6, 6.07) is 3.90. The van der Waals surface area contributed by atoms with Crippen LogP contribution in [0.15, 0.2) is 12.1 Å². The topological polar surface area (TPSA) is 33.1 Å². The van der Waals surface area contributed by atoms with E-state index in [1.54, 1.807) is 0 Å². The quantitative estimate of drug-likeness (QED) is 0.756. The average molecular weight is 179 g/mol. The molecular formula is C11H17NO. The molecule has 0 aliphatic rings. The Balaban J connectivity index is 2.97. The summed E-state index contributed by atoms with van der Waals surface area (Å²) in [4.78, 5) is 4.34. The fraction of sp³-hybridized carbons (Fsp3) is 0.545. The molecule has 0 fully saturated rings. The van der Waals surface area contributed by atoms with Crippen LogP contribution in [0.5, 0.6) is 0 Å². The maximum Gasteiger partial charge on any atom is 0.0982 e. The maximum absolute atomic E-state index is 9.75. The zero-order valence-corrected chi connectivity index (χ0v) is 8.70. The molecule has 1 heterocycles. The highest BCUT2D eigenvalue weighted by molar-refractivity contribution is 5.21. The van der Waals surface area contributed by atoms with Crippen LogP contribution in [0.25, 0.3) is 0 Å². The molecule has 0 saturated heterocycles. The molecule has 0 spiro atoms. The van der Waals surface area contributed by atoms with Gasteiger partial charge < -0.3 is 5.11 Å². The van der Waals surface area contributed by atoms with E-state index in [0.29, 0.717) is 0 Å². The van der Waals surface area contributed by atoms with Crippen molar-refractivity contribution >= 4 is 0 Å². The molecule has 2 nitrogen and oxygen atoms in total. The first-order chi connectivity index (χ1) is 6.02. The first-order valence-electron chi connectivity index (χ1n) is 4.64. The van der Waals surface area contributed by atoms with Crippen LogP contribution >= 0.6 is 0 Å². The van der Waals surface area contributed by atoms with Crippen molar-refractivity contribution < 1.29 is 5.11 Å². The van der Waals surface area contributed by atoms with Crippen molar-refractivity contribution in [2.45, 2.75) is 33.8 Å². The lowest BCUT2D eigenvalue weighted by Crippen LogP contribution is -2.08. The Morgan fingerprint density at radius 2 is 1.85 bits per heavy atom. The highest BCUT2D eigenvalue weighted by atomic mass is 16.3. The molecule has 2 heteroatoms. The normalized spacial score (nSPS) is 13.4. The lowest BCUT2D eigenvalue weighted by atomic mass is 10.0. The van der Waals surface area contributed by atoms with Gasteiger partial charge in [0.15, 0.2) is 0 Å². The first-order valence-corrected chi connectivity index (χ1v) is 4.64. The van der Waals surface area contributed by atoms with Crippen molar-refractivity contribution in [2.75, 3.05) is 0 Å². The molecule has 1 aromatic rings. The molecule has 13 heavy (non-hydrogen) atoms. The number of nitrogens with zero attached hydrogens (tertiary/aromatic N) is 1. The van der Waals surface area contributed by atoms with Crippen LogP contribution in [0.1, 0.15) is 36.9 Å². The Kier molecular flexibility index (Phi) is 3.04. The zero-order chi connectivity index (χ0) is 10.0. The molecule has 0 radical (unpaired) electrons. The van der Waals surface area contributed by atoms with Crippen molar-refractivity contribution in [3.63, 3.8) is 0 Å². The van der Waals surface area contributed by atoms with Gasteiger partial charge in [0, 0.05) is 5.69 Å².